The maximum absolute atomic E-state index is 12.2. The first-order chi connectivity index (χ1) is 13.4. The number of esters is 1. The predicted octanol–water partition coefficient (Wildman–Crippen LogP) is 2.47. The number of imide groups is 1. The number of ether oxygens (including phenoxy) is 1. The number of hydrogen-bond donors (Lipinski definition) is 1. The highest BCUT2D eigenvalue weighted by Gasteiger charge is 2.30. The maximum atomic E-state index is 12.2. The summed E-state index contributed by atoms with van der Waals surface area (Å²) in [5.41, 5.74) is 1.32. The molecule has 0 atom stereocenters. The van der Waals surface area contributed by atoms with Gasteiger partial charge in [0.05, 0.1) is 11.3 Å². The average molecular weight is 401 g/mol. The Morgan fingerprint density at radius 2 is 1.71 bits per heavy atom. The van der Waals surface area contributed by atoms with Gasteiger partial charge in [-0.15, -0.1) is 0 Å². The predicted molar refractivity (Wildman–Crippen MR) is 102 cm³/mol. The van der Waals surface area contributed by atoms with Crippen molar-refractivity contribution >= 4 is 41.0 Å². The molecule has 0 radical (unpaired) electrons. The minimum atomic E-state index is -0.720. The van der Waals surface area contributed by atoms with E-state index in [1.165, 1.54) is 12.1 Å². The minimum absolute atomic E-state index is 0.149. The molecule has 1 heterocycles. The second-order valence-electron chi connectivity index (χ2n) is 6.15. The molecule has 1 aliphatic rings. The third-order valence-electron chi connectivity index (χ3n) is 4.13. The lowest BCUT2D eigenvalue weighted by molar-refractivity contribution is -0.124. The highest BCUT2D eigenvalue weighted by Crippen LogP contribution is 2.23. The van der Waals surface area contributed by atoms with Crippen molar-refractivity contribution in [1.29, 1.82) is 0 Å². The third kappa shape index (κ3) is 4.75. The van der Waals surface area contributed by atoms with Crippen LogP contribution in [0.5, 0.6) is 0 Å². The summed E-state index contributed by atoms with van der Waals surface area (Å²) in [6.45, 7) is -0.166. The fraction of sp³-hybridized carbons (Fsp3) is 0.200. The molecule has 3 rings (SSSR count). The number of carbonyl (C=O) groups excluding carboxylic acids is 4. The lowest BCUT2D eigenvalue weighted by Crippen LogP contribution is -2.29. The zero-order valence-electron chi connectivity index (χ0n) is 14.8. The Morgan fingerprint density at radius 1 is 1.04 bits per heavy atom. The smallest absolute Gasteiger partial charge is 0.338 e. The van der Waals surface area contributed by atoms with Crippen molar-refractivity contribution in [2.75, 3.05) is 11.5 Å². The van der Waals surface area contributed by atoms with Gasteiger partial charge >= 0.3 is 5.97 Å². The molecule has 1 aliphatic heterocycles. The van der Waals surface area contributed by atoms with E-state index in [4.69, 9.17) is 16.3 Å². The molecule has 2 aromatic rings. The van der Waals surface area contributed by atoms with Gasteiger partial charge in [0.1, 0.15) is 0 Å². The number of anilines is 1. The molecule has 3 amide bonds. The Balaban J connectivity index is 1.54. The molecule has 1 saturated heterocycles. The molecule has 1 fully saturated rings. The van der Waals surface area contributed by atoms with Crippen molar-refractivity contribution in [3.8, 4) is 0 Å². The number of nitrogens with zero attached hydrogens (tertiary/aromatic N) is 1. The van der Waals surface area contributed by atoms with Crippen LogP contribution in [-0.4, -0.2) is 30.3 Å². The summed E-state index contributed by atoms with van der Waals surface area (Å²) in [5.74, 6) is -1.79. The second kappa shape index (κ2) is 8.67. The standard InChI is InChI=1S/C20H17ClN2O5/c21-15-6-4-13(5-7-15)11-22-17(24)12-28-20(27)14-2-1-3-16(10-14)23-18(25)8-9-19(23)26/h1-7,10H,8-9,11-12H2,(H,22,24). The molecule has 0 spiro atoms. The van der Waals surface area contributed by atoms with Crippen LogP contribution in [0.4, 0.5) is 5.69 Å². The molecule has 8 heteroatoms. The molecule has 0 aromatic heterocycles. The van der Waals surface area contributed by atoms with Crippen LogP contribution in [0, 0.1) is 0 Å². The molecule has 1 N–H and O–H groups in total. The van der Waals surface area contributed by atoms with E-state index >= 15 is 0 Å². The lowest BCUT2D eigenvalue weighted by atomic mass is 10.2. The SMILES string of the molecule is O=C(COC(=O)c1cccc(N2C(=O)CCC2=O)c1)NCc1ccc(Cl)cc1. The molecule has 0 aliphatic carbocycles. The first-order valence-corrected chi connectivity index (χ1v) is 8.96. The van der Waals surface area contributed by atoms with Gasteiger partial charge in [-0.25, -0.2) is 4.79 Å². The maximum Gasteiger partial charge on any atom is 0.338 e. The second-order valence-corrected chi connectivity index (χ2v) is 6.59. The van der Waals surface area contributed by atoms with Gasteiger partial charge in [0.25, 0.3) is 5.91 Å². The van der Waals surface area contributed by atoms with Gasteiger partial charge in [-0.05, 0) is 35.9 Å². The lowest BCUT2D eigenvalue weighted by Gasteiger charge is -2.14. The van der Waals surface area contributed by atoms with Gasteiger partial charge in [0.2, 0.25) is 11.8 Å². The number of nitrogens with one attached hydrogen (secondary N) is 1. The van der Waals surface area contributed by atoms with E-state index in [0.29, 0.717) is 10.7 Å². The highest BCUT2D eigenvalue weighted by atomic mass is 35.5. The molecule has 0 unspecified atom stereocenters. The van der Waals surface area contributed by atoms with Crippen molar-refractivity contribution in [1.82, 2.24) is 5.32 Å². The molecule has 2 aromatic carbocycles. The van der Waals surface area contributed by atoms with Gasteiger partial charge in [0.15, 0.2) is 6.61 Å². The summed E-state index contributed by atoms with van der Waals surface area (Å²) in [7, 11) is 0. The third-order valence-corrected chi connectivity index (χ3v) is 4.38. The fourth-order valence-corrected chi connectivity index (χ4v) is 2.83. The zero-order chi connectivity index (χ0) is 20.1. The Labute approximate surface area is 166 Å². The van der Waals surface area contributed by atoms with Crippen LogP contribution in [0.1, 0.15) is 28.8 Å². The van der Waals surface area contributed by atoms with Crippen LogP contribution in [0.15, 0.2) is 48.5 Å². The topological polar surface area (TPSA) is 92.8 Å². The first-order valence-electron chi connectivity index (χ1n) is 8.58. The molecular weight excluding hydrogens is 384 g/mol. The monoisotopic (exact) mass is 400 g/mol. The number of halogens is 1. The van der Waals surface area contributed by atoms with Crippen molar-refractivity contribution in [2.45, 2.75) is 19.4 Å². The van der Waals surface area contributed by atoms with Crippen LogP contribution in [-0.2, 0) is 25.7 Å². The summed E-state index contributed by atoms with van der Waals surface area (Å²) >= 11 is 5.80. The van der Waals surface area contributed by atoms with E-state index in [-0.39, 0.29) is 36.8 Å². The van der Waals surface area contributed by atoms with Crippen LogP contribution < -0.4 is 10.2 Å². The van der Waals surface area contributed by atoms with E-state index < -0.39 is 18.5 Å². The van der Waals surface area contributed by atoms with Crippen LogP contribution in [0.3, 0.4) is 0 Å². The Kier molecular flexibility index (Phi) is 6.06. The van der Waals surface area contributed by atoms with Crippen molar-refractivity contribution in [3.63, 3.8) is 0 Å². The van der Waals surface area contributed by atoms with E-state index in [1.807, 2.05) is 0 Å². The van der Waals surface area contributed by atoms with Crippen LogP contribution in [0.25, 0.3) is 0 Å². The molecule has 7 nitrogen and oxygen atoms in total. The molecule has 0 saturated carbocycles. The number of benzene rings is 2. The number of hydrogen-bond acceptors (Lipinski definition) is 5. The van der Waals surface area contributed by atoms with Gasteiger partial charge in [0, 0.05) is 24.4 Å². The van der Waals surface area contributed by atoms with Gasteiger partial charge in [-0.3, -0.25) is 19.3 Å². The fourth-order valence-electron chi connectivity index (χ4n) is 2.70. The number of carbonyl (C=O) groups is 4. The number of amides is 3. The average Bonchev–Trinajstić information content (AvgIpc) is 3.04. The summed E-state index contributed by atoms with van der Waals surface area (Å²) in [4.78, 5) is 48.7. The molecule has 28 heavy (non-hydrogen) atoms. The summed E-state index contributed by atoms with van der Waals surface area (Å²) < 4.78 is 5.01. The quantitative estimate of drug-likeness (QED) is 0.594. The molecule has 144 valence electrons. The van der Waals surface area contributed by atoms with Crippen LogP contribution in [0.2, 0.25) is 5.02 Å². The van der Waals surface area contributed by atoms with E-state index in [2.05, 4.69) is 5.32 Å². The van der Waals surface area contributed by atoms with Gasteiger partial charge < -0.3 is 10.1 Å². The van der Waals surface area contributed by atoms with Crippen molar-refractivity contribution in [3.05, 3.63) is 64.7 Å². The minimum Gasteiger partial charge on any atom is -0.452 e. The Bertz CT molecular complexity index is 910. The zero-order valence-corrected chi connectivity index (χ0v) is 15.6. The normalized spacial score (nSPS) is 13.5. The van der Waals surface area contributed by atoms with Crippen molar-refractivity contribution in [2.24, 2.45) is 0 Å². The summed E-state index contributed by atoms with van der Waals surface area (Å²) in [5, 5.41) is 3.24. The summed E-state index contributed by atoms with van der Waals surface area (Å²) in [6.07, 6.45) is 0.308. The largest absolute Gasteiger partial charge is 0.452 e. The van der Waals surface area contributed by atoms with Gasteiger partial charge in [-0.1, -0.05) is 29.8 Å². The van der Waals surface area contributed by atoms with E-state index in [0.717, 1.165) is 10.5 Å². The van der Waals surface area contributed by atoms with E-state index in [1.54, 1.807) is 36.4 Å². The summed E-state index contributed by atoms with van der Waals surface area (Å²) in [6, 6.07) is 13.0. The Hall–Kier alpha value is -3.19. The highest BCUT2D eigenvalue weighted by molar-refractivity contribution is 6.30. The molecule has 0 bridgehead atoms. The van der Waals surface area contributed by atoms with E-state index in [9.17, 15) is 19.2 Å². The number of rotatable bonds is 6. The van der Waals surface area contributed by atoms with Crippen LogP contribution >= 0.6 is 11.6 Å². The van der Waals surface area contributed by atoms with Gasteiger partial charge in [-0.2, -0.15) is 0 Å². The first kappa shape index (κ1) is 19.6. The molecular formula is C20H17ClN2O5. The Morgan fingerprint density at radius 3 is 2.39 bits per heavy atom. The van der Waals surface area contributed by atoms with Crippen molar-refractivity contribution < 1.29 is 23.9 Å².